The van der Waals surface area contributed by atoms with Gasteiger partial charge in [0.2, 0.25) is 0 Å². The minimum Gasteiger partial charge on any atom is -0.469 e. The van der Waals surface area contributed by atoms with Gasteiger partial charge in [-0.25, -0.2) is 19.2 Å². The number of H-pyrrole nitrogens is 2. The number of carbonyl (C=O) groups excluding carboxylic acids is 1. The smallest absolute Gasteiger partial charge is 0.407 e. The number of piperidine rings is 1. The van der Waals surface area contributed by atoms with Crippen molar-refractivity contribution >= 4 is 17.0 Å². The van der Waals surface area contributed by atoms with E-state index in [2.05, 4.69) is 93.0 Å². The van der Waals surface area contributed by atoms with Crippen LogP contribution in [0.3, 0.4) is 0 Å². The Kier molecular flexibility index (Phi) is 10.7. The third-order valence-electron chi connectivity index (χ3n) is 13.8. The summed E-state index contributed by atoms with van der Waals surface area (Å²) >= 11 is 0. The summed E-state index contributed by atoms with van der Waals surface area (Å²) in [5, 5.41) is 26.9. The number of hydrogen-bond donors (Lipinski definition) is 5. The fourth-order valence-electron chi connectivity index (χ4n) is 10.7. The molecule has 2 aromatic carbocycles. The zero-order valence-corrected chi connectivity index (χ0v) is 35.3. The van der Waals surface area contributed by atoms with Gasteiger partial charge in [-0.3, -0.25) is 9.80 Å². The molecule has 0 bridgehead atoms. The largest absolute Gasteiger partial charge is 0.469 e. The Hall–Kier alpha value is -4.80. The Morgan fingerprint density at radius 1 is 0.984 bits per heavy atom. The number of aliphatic hydroxyl groups is 2. The Bertz CT molecular complexity index is 2390. The van der Waals surface area contributed by atoms with Gasteiger partial charge in [-0.05, 0) is 80.2 Å². The molecule has 4 aliphatic heterocycles. The molecule has 324 valence electrons. The lowest BCUT2D eigenvalue weighted by atomic mass is 9.89. The molecule has 10 rings (SSSR count). The lowest BCUT2D eigenvalue weighted by Gasteiger charge is -2.40. The number of carbonyl (C=O) groups is 1. The number of nitrogens with one attached hydrogen (secondary N) is 3. The molecular formula is C46H57FN8O6. The first-order chi connectivity index (χ1) is 29.6. The van der Waals surface area contributed by atoms with Crippen molar-refractivity contribution in [3.05, 3.63) is 66.5 Å². The highest BCUT2D eigenvalue weighted by molar-refractivity contribution is 5.92. The van der Waals surface area contributed by atoms with E-state index in [1.165, 1.54) is 7.11 Å². The number of imidazole rings is 2. The molecule has 15 heteroatoms. The average Bonchev–Trinajstić information content (AvgIpc) is 3.88. The topological polar surface area (TPSA) is 166 Å². The predicted molar refractivity (Wildman–Crippen MR) is 227 cm³/mol. The van der Waals surface area contributed by atoms with Crippen LogP contribution in [0.25, 0.3) is 44.7 Å². The van der Waals surface area contributed by atoms with Gasteiger partial charge < -0.3 is 44.3 Å². The first-order valence-electron chi connectivity index (χ1n) is 22.1. The standard InChI is InChI=1S/C46H57FN8O6/c1-5-41-54-34-9-7-26(32-21-49-44(51-32)38-18-29-16-35(29)55(38)45(57)42(52-46(58)59-4)25-10-12-60-13-11-25)15-28(34)17-36(54)31-8-6-27(19-39(31)61-41)33-22-48-43(50-33)37-20-30(47)23-53(37)40(56)14-24(2)3/h6-9,15,17,19,21-22,24-25,29-30,35,37-38,40-42,45,56-57H,5,10-14,16,18,20,23H2,1-4H3,(H,48,50)(H,49,51)(H,52,58). The van der Waals surface area contributed by atoms with Crippen LogP contribution in [-0.2, 0) is 9.47 Å². The second kappa shape index (κ2) is 16.2. The maximum absolute atomic E-state index is 14.7. The molecule has 1 aliphatic carbocycles. The molecule has 3 saturated heterocycles. The summed E-state index contributed by atoms with van der Waals surface area (Å²) in [6, 6.07) is 14.2. The number of aromatic nitrogens is 5. The normalized spacial score (nSPS) is 26.8. The number of aliphatic hydroxyl groups excluding tert-OH is 2. The Morgan fingerprint density at radius 3 is 2.43 bits per heavy atom. The maximum atomic E-state index is 14.7. The van der Waals surface area contributed by atoms with Gasteiger partial charge in [0, 0.05) is 60.7 Å². The molecular weight excluding hydrogens is 780 g/mol. The van der Waals surface area contributed by atoms with E-state index in [0.29, 0.717) is 37.8 Å². The molecule has 5 aliphatic rings. The summed E-state index contributed by atoms with van der Waals surface area (Å²) in [6.45, 7) is 7.64. The van der Waals surface area contributed by atoms with Crippen LogP contribution in [0.2, 0.25) is 0 Å². The van der Waals surface area contributed by atoms with Crippen molar-refractivity contribution in [2.45, 2.75) is 115 Å². The molecule has 9 unspecified atom stereocenters. The highest BCUT2D eigenvalue weighted by Crippen LogP contribution is 2.54. The van der Waals surface area contributed by atoms with Gasteiger partial charge in [-0.15, -0.1) is 0 Å². The van der Waals surface area contributed by atoms with Gasteiger partial charge >= 0.3 is 6.09 Å². The van der Waals surface area contributed by atoms with Crippen LogP contribution < -0.4 is 10.1 Å². The van der Waals surface area contributed by atoms with Crippen molar-refractivity contribution in [2.24, 2.45) is 17.8 Å². The van der Waals surface area contributed by atoms with E-state index in [9.17, 15) is 19.4 Å². The van der Waals surface area contributed by atoms with E-state index in [0.717, 1.165) is 88.4 Å². The van der Waals surface area contributed by atoms with E-state index in [1.807, 2.05) is 11.1 Å². The Morgan fingerprint density at radius 2 is 1.70 bits per heavy atom. The lowest BCUT2D eigenvalue weighted by Crippen LogP contribution is -2.56. The molecule has 5 N–H and O–H groups in total. The number of halogens is 1. The average molecular weight is 837 g/mol. The fourth-order valence-corrected chi connectivity index (χ4v) is 10.7. The van der Waals surface area contributed by atoms with Crippen LogP contribution in [0, 0.1) is 17.8 Å². The molecule has 3 aromatic heterocycles. The zero-order valence-electron chi connectivity index (χ0n) is 35.3. The van der Waals surface area contributed by atoms with Crippen LogP contribution in [0.5, 0.6) is 5.75 Å². The van der Waals surface area contributed by atoms with Crippen LogP contribution in [0.1, 0.15) is 95.7 Å². The van der Waals surface area contributed by atoms with Crippen molar-refractivity contribution in [3.8, 4) is 39.5 Å². The van der Waals surface area contributed by atoms with Gasteiger partial charge in [-0.1, -0.05) is 32.9 Å². The van der Waals surface area contributed by atoms with Crippen LogP contribution in [-0.4, -0.2) is 108 Å². The van der Waals surface area contributed by atoms with Crippen molar-refractivity contribution in [2.75, 3.05) is 26.9 Å². The van der Waals surface area contributed by atoms with Crippen LogP contribution in [0.4, 0.5) is 9.18 Å². The molecule has 1 amide bonds. The third kappa shape index (κ3) is 7.41. The first kappa shape index (κ1) is 40.3. The summed E-state index contributed by atoms with van der Waals surface area (Å²) in [4.78, 5) is 33.1. The number of benzene rings is 2. The predicted octanol–water partition coefficient (Wildman–Crippen LogP) is 7.44. The molecule has 14 nitrogen and oxygen atoms in total. The monoisotopic (exact) mass is 836 g/mol. The second-order valence-electron chi connectivity index (χ2n) is 18.2. The number of alkyl carbamates (subject to hydrolysis) is 1. The molecule has 0 spiro atoms. The van der Waals surface area contributed by atoms with Crippen molar-refractivity contribution in [3.63, 3.8) is 0 Å². The van der Waals surface area contributed by atoms with Crippen LogP contribution >= 0.6 is 0 Å². The van der Waals surface area contributed by atoms with Crippen molar-refractivity contribution in [1.82, 2.24) is 39.6 Å². The molecule has 5 aromatic rings. The highest BCUT2D eigenvalue weighted by atomic mass is 19.1. The number of hydrogen-bond acceptors (Lipinski definition) is 10. The summed E-state index contributed by atoms with van der Waals surface area (Å²) < 4.78 is 34.2. The van der Waals surface area contributed by atoms with Gasteiger partial charge in [0.1, 0.15) is 36.0 Å². The number of rotatable bonds is 12. The van der Waals surface area contributed by atoms with Gasteiger partial charge in [0.25, 0.3) is 0 Å². The minimum absolute atomic E-state index is 0.0708. The number of ether oxygens (including phenoxy) is 3. The Balaban J connectivity index is 0.900. The number of aromatic amines is 2. The molecule has 4 fully saturated rings. The fraction of sp³-hybridized carbons (Fsp3) is 0.543. The SMILES string of the molecule is CCC1Oc2cc(-c3cnc(C4CC(F)CN4C(O)CC(C)C)[nH]3)ccc2-c2cc3cc(-c4cnc(C5CC6CC6N5C(O)C(NC(=O)OC)C5CCOCC5)[nH]4)ccc3n21. The van der Waals surface area contributed by atoms with Gasteiger partial charge in [-0.2, -0.15) is 0 Å². The first-order valence-corrected chi connectivity index (χ1v) is 22.1. The summed E-state index contributed by atoms with van der Waals surface area (Å²) in [7, 11) is 1.35. The molecule has 0 radical (unpaired) electrons. The number of alkyl halides is 1. The van der Waals surface area contributed by atoms with E-state index in [1.54, 1.807) is 6.20 Å². The minimum atomic E-state index is -1.02. The molecule has 7 heterocycles. The zero-order chi connectivity index (χ0) is 42.1. The summed E-state index contributed by atoms with van der Waals surface area (Å²) in [5.74, 6) is 3.10. The Labute approximate surface area is 354 Å². The number of amides is 1. The number of fused-ring (bicyclic) bond motifs is 6. The van der Waals surface area contributed by atoms with E-state index >= 15 is 0 Å². The van der Waals surface area contributed by atoms with E-state index in [-0.39, 0.29) is 42.7 Å². The van der Waals surface area contributed by atoms with E-state index < -0.39 is 30.8 Å². The third-order valence-corrected chi connectivity index (χ3v) is 13.8. The van der Waals surface area contributed by atoms with Crippen molar-refractivity contribution in [1.29, 1.82) is 0 Å². The number of likely N-dealkylation sites (tertiary alicyclic amines) is 2. The maximum Gasteiger partial charge on any atom is 0.407 e. The second-order valence-corrected chi connectivity index (χ2v) is 18.2. The molecule has 61 heavy (non-hydrogen) atoms. The quantitative estimate of drug-likeness (QED) is 0.0853. The van der Waals surface area contributed by atoms with Crippen molar-refractivity contribution < 1.29 is 33.6 Å². The number of nitrogens with zero attached hydrogens (tertiary/aromatic N) is 5. The van der Waals surface area contributed by atoms with Gasteiger partial charge in [0.05, 0.1) is 60.2 Å². The summed E-state index contributed by atoms with van der Waals surface area (Å²) in [6.07, 6.45) is 5.34. The molecule has 1 saturated carbocycles. The number of methoxy groups -OCH3 is 1. The lowest BCUT2D eigenvalue weighted by molar-refractivity contribution is -0.0714. The van der Waals surface area contributed by atoms with E-state index in [4.69, 9.17) is 19.2 Å². The van der Waals surface area contributed by atoms with Gasteiger partial charge in [0.15, 0.2) is 6.23 Å². The highest BCUT2D eigenvalue weighted by Gasteiger charge is 2.57. The van der Waals surface area contributed by atoms with Crippen LogP contribution in [0.15, 0.2) is 54.9 Å². The molecule has 9 atom stereocenters. The summed E-state index contributed by atoms with van der Waals surface area (Å²) in [5.41, 5.74) is 6.78.